The number of halogens is 1. The molecule has 8 nitrogen and oxygen atoms in total. The number of carbonyl (C=O) groups excluding carboxylic acids is 1. The Morgan fingerprint density at radius 2 is 1.96 bits per heavy atom. The number of rotatable bonds is 5. The minimum Gasteiger partial charge on any atom is -0.335 e. The van der Waals surface area contributed by atoms with E-state index in [9.17, 15) is 9.18 Å². The number of nitrogen functional groups attached to an aromatic ring is 1. The molecule has 0 fully saturated rings. The first kappa shape index (κ1) is 17.9. The molecule has 0 unspecified atom stereocenters. The molecule has 0 bridgehead atoms. The lowest BCUT2D eigenvalue weighted by molar-refractivity contribution is -0.113. The van der Waals surface area contributed by atoms with Crippen molar-refractivity contribution in [1.82, 2.24) is 24.7 Å². The van der Waals surface area contributed by atoms with Crippen LogP contribution >= 0.6 is 11.8 Å². The van der Waals surface area contributed by atoms with Gasteiger partial charge in [0.2, 0.25) is 11.1 Å². The Balaban J connectivity index is 1.66. The van der Waals surface area contributed by atoms with Crippen molar-refractivity contribution < 1.29 is 9.18 Å². The second-order valence-corrected chi connectivity index (χ2v) is 6.63. The average Bonchev–Trinajstić information content (AvgIpc) is 3.08. The lowest BCUT2D eigenvalue weighted by atomic mass is 10.2. The molecular weight excluding hydrogens is 357 g/mol. The molecule has 26 heavy (non-hydrogen) atoms. The summed E-state index contributed by atoms with van der Waals surface area (Å²) in [5.74, 6) is 5.97. The summed E-state index contributed by atoms with van der Waals surface area (Å²) in [6.45, 7) is 3.72. The molecule has 0 atom stereocenters. The highest BCUT2D eigenvalue weighted by Crippen LogP contribution is 2.23. The molecule has 1 aromatic carbocycles. The van der Waals surface area contributed by atoms with Gasteiger partial charge in [-0.05, 0) is 38.1 Å². The predicted molar refractivity (Wildman–Crippen MR) is 97.6 cm³/mol. The lowest BCUT2D eigenvalue weighted by Crippen LogP contribution is -2.17. The van der Waals surface area contributed by atoms with Gasteiger partial charge in [0.1, 0.15) is 5.82 Å². The van der Waals surface area contributed by atoms with E-state index < -0.39 is 0 Å². The molecule has 0 radical (unpaired) electrons. The van der Waals surface area contributed by atoms with Crippen molar-refractivity contribution in [2.24, 2.45) is 7.05 Å². The Kier molecular flexibility index (Phi) is 4.94. The Morgan fingerprint density at radius 1 is 1.27 bits per heavy atom. The number of nitrogens with two attached hydrogens (primary N) is 1. The fourth-order valence-electron chi connectivity index (χ4n) is 2.43. The van der Waals surface area contributed by atoms with Crippen LogP contribution in [-0.4, -0.2) is 36.3 Å². The number of thioether (sulfide) groups is 1. The summed E-state index contributed by atoms with van der Waals surface area (Å²) >= 11 is 1.16. The molecule has 2 aromatic heterocycles. The molecule has 1 amide bonds. The van der Waals surface area contributed by atoms with Gasteiger partial charge in [-0.1, -0.05) is 11.8 Å². The van der Waals surface area contributed by atoms with Gasteiger partial charge < -0.3 is 11.2 Å². The largest absolute Gasteiger partial charge is 0.335 e. The van der Waals surface area contributed by atoms with Crippen LogP contribution in [0.3, 0.4) is 0 Å². The highest BCUT2D eigenvalue weighted by molar-refractivity contribution is 7.99. The number of nitrogens with zero attached hydrogens (tertiary/aromatic N) is 5. The third kappa shape index (κ3) is 3.54. The molecule has 0 saturated carbocycles. The summed E-state index contributed by atoms with van der Waals surface area (Å²) in [5, 5.41) is 15.5. The van der Waals surface area contributed by atoms with E-state index in [0.717, 1.165) is 23.1 Å². The van der Waals surface area contributed by atoms with Crippen molar-refractivity contribution in [3.63, 3.8) is 0 Å². The van der Waals surface area contributed by atoms with Gasteiger partial charge in [-0.3, -0.25) is 9.48 Å². The van der Waals surface area contributed by atoms with Crippen molar-refractivity contribution in [2.45, 2.75) is 19.0 Å². The maximum absolute atomic E-state index is 13.0. The summed E-state index contributed by atoms with van der Waals surface area (Å²) in [7, 11) is 1.82. The van der Waals surface area contributed by atoms with Crippen LogP contribution in [0.5, 0.6) is 0 Å². The minimum atomic E-state index is -0.343. The number of nitrogens with one attached hydrogen (secondary N) is 1. The number of benzene rings is 1. The quantitative estimate of drug-likeness (QED) is 0.521. The Hall–Kier alpha value is -2.88. The van der Waals surface area contributed by atoms with Crippen LogP contribution in [0.15, 0.2) is 29.4 Å². The molecule has 0 aliphatic heterocycles. The van der Waals surface area contributed by atoms with Crippen LogP contribution in [0, 0.1) is 19.7 Å². The number of amides is 1. The van der Waals surface area contributed by atoms with E-state index in [2.05, 4.69) is 20.6 Å². The van der Waals surface area contributed by atoms with Crippen LogP contribution in [0.4, 0.5) is 10.1 Å². The number of carbonyl (C=O) groups is 1. The fraction of sp³-hybridized carbons (Fsp3) is 0.250. The van der Waals surface area contributed by atoms with Crippen LogP contribution < -0.4 is 11.2 Å². The molecular formula is C16H18FN7OS. The van der Waals surface area contributed by atoms with E-state index in [1.54, 1.807) is 16.8 Å². The first-order valence-corrected chi connectivity index (χ1v) is 8.74. The number of aromatic nitrogens is 5. The second kappa shape index (κ2) is 7.16. The molecule has 3 aromatic rings. The topological polar surface area (TPSA) is 104 Å². The van der Waals surface area contributed by atoms with Crippen LogP contribution in [0.2, 0.25) is 0 Å². The van der Waals surface area contributed by atoms with Crippen molar-refractivity contribution in [3.05, 3.63) is 41.5 Å². The van der Waals surface area contributed by atoms with Crippen LogP contribution in [0.25, 0.3) is 11.4 Å². The summed E-state index contributed by atoms with van der Waals surface area (Å²) in [6, 6.07) is 5.78. The highest BCUT2D eigenvalue weighted by atomic mass is 32.2. The van der Waals surface area contributed by atoms with E-state index in [0.29, 0.717) is 22.2 Å². The highest BCUT2D eigenvalue weighted by Gasteiger charge is 2.16. The molecule has 0 aliphatic carbocycles. The third-order valence-corrected chi connectivity index (χ3v) is 4.82. The average molecular weight is 375 g/mol. The Morgan fingerprint density at radius 3 is 2.58 bits per heavy atom. The molecule has 3 N–H and O–H groups in total. The van der Waals surface area contributed by atoms with Crippen molar-refractivity contribution in [3.8, 4) is 11.4 Å². The first-order chi connectivity index (χ1) is 12.4. The van der Waals surface area contributed by atoms with E-state index in [4.69, 9.17) is 5.84 Å². The lowest BCUT2D eigenvalue weighted by Gasteiger charge is -2.06. The standard InChI is InChI=1S/C16H18FN7OS/c1-9-14(10(2)23(3)22-9)19-13(25)8-26-16-21-20-15(24(16)18)11-4-6-12(17)7-5-11/h4-7H,8,18H2,1-3H3,(H,19,25). The molecule has 3 rings (SSSR count). The second-order valence-electron chi connectivity index (χ2n) is 5.69. The zero-order valence-electron chi connectivity index (χ0n) is 14.5. The number of hydrogen-bond acceptors (Lipinski definition) is 6. The summed E-state index contributed by atoms with van der Waals surface area (Å²) < 4.78 is 16.0. The molecule has 10 heteroatoms. The summed E-state index contributed by atoms with van der Waals surface area (Å²) in [4.78, 5) is 12.2. The minimum absolute atomic E-state index is 0.118. The maximum Gasteiger partial charge on any atom is 0.234 e. The molecule has 0 aliphatic rings. The third-order valence-electron chi connectivity index (χ3n) is 3.87. The Bertz CT molecular complexity index is 948. The van der Waals surface area contributed by atoms with Gasteiger partial charge in [-0.15, -0.1) is 10.2 Å². The SMILES string of the molecule is Cc1nn(C)c(C)c1NC(=O)CSc1nnc(-c2ccc(F)cc2)n1N. The molecule has 136 valence electrons. The van der Waals surface area contributed by atoms with Crippen LogP contribution in [0.1, 0.15) is 11.4 Å². The van der Waals surface area contributed by atoms with Crippen molar-refractivity contribution in [2.75, 3.05) is 16.9 Å². The maximum atomic E-state index is 13.0. The van der Waals surface area contributed by atoms with Crippen LogP contribution in [-0.2, 0) is 11.8 Å². The van der Waals surface area contributed by atoms with Gasteiger partial charge >= 0.3 is 0 Å². The van der Waals surface area contributed by atoms with Gasteiger partial charge in [-0.25, -0.2) is 9.07 Å². The normalized spacial score (nSPS) is 10.9. The van der Waals surface area contributed by atoms with E-state index in [-0.39, 0.29) is 17.5 Å². The molecule has 2 heterocycles. The monoisotopic (exact) mass is 375 g/mol. The first-order valence-electron chi connectivity index (χ1n) is 7.76. The van der Waals surface area contributed by atoms with E-state index in [1.807, 2.05) is 20.9 Å². The Labute approximate surface area is 153 Å². The van der Waals surface area contributed by atoms with E-state index >= 15 is 0 Å². The zero-order chi connectivity index (χ0) is 18.8. The van der Waals surface area contributed by atoms with Gasteiger partial charge in [0.05, 0.1) is 22.8 Å². The molecule has 0 spiro atoms. The summed E-state index contributed by atoms with van der Waals surface area (Å²) in [6.07, 6.45) is 0. The van der Waals surface area contributed by atoms with Crippen molar-refractivity contribution in [1.29, 1.82) is 0 Å². The number of hydrogen-bond donors (Lipinski definition) is 2. The summed E-state index contributed by atoms with van der Waals surface area (Å²) in [5.41, 5.74) is 2.98. The zero-order valence-corrected chi connectivity index (χ0v) is 15.3. The fourth-order valence-corrected chi connectivity index (χ4v) is 3.09. The van der Waals surface area contributed by atoms with Gasteiger partial charge in [0.15, 0.2) is 5.82 Å². The molecule has 0 saturated heterocycles. The predicted octanol–water partition coefficient (Wildman–Crippen LogP) is 1.88. The van der Waals surface area contributed by atoms with E-state index in [1.165, 1.54) is 16.8 Å². The van der Waals surface area contributed by atoms with Gasteiger partial charge in [0, 0.05) is 12.6 Å². The smallest absolute Gasteiger partial charge is 0.234 e. The number of anilines is 1. The van der Waals surface area contributed by atoms with Crippen molar-refractivity contribution >= 4 is 23.4 Å². The number of aryl methyl sites for hydroxylation is 2. The van der Waals surface area contributed by atoms with Gasteiger partial charge in [0.25, 0.3) is 0 Å². The van der Waals surface area contributed by atoms with Gasteiger partial charge in [-0.2, -0.15) is 5.10 Å².